The molecular weight excluding hydrogens is 265 g/mol. The number of aliphatic hydroxyl groups excluding tert-OH is 1. The maximum Gasteiger partial charge on any atom is 0.0991 e. The van der Waals surface area contributed by atoms with Crippen molar-refractivity contribution in [2.45, 2.75) is 32.9 Å². The highest BCUT2D eigenvalue weighted by molar-refractivity contribution is 7.20. The summed E-state index contributed by atoms with van der Waals surface area (Å²) < 4.78 is 1.41. The molecule has 2 unspecified atom stereocenters. The van der Waals surface area contributed by atoms with E-state index in [2.05, 4.69) is 19.2 Å². The monoisotopic (exact) mass is 281 g/mol. The Hall–Kier alpha value is 0.200. The fraction of sp³-hybridized carbons (Fsp3) is 0.636. The second kappa shape index (κ2) is 6.22. The topological polar surface area (TPSA) is 32.3 Å². The van der Waals surface area contributed by atoms with Crippen molar-refractivity contribution in [2.75, 3.05) is 6.61 Å². The van der Waals surface area contributed by atoms with Gasteiger partial charge in [-0.15, -0.1) is 11.3 Å². The predicted octanol–water partition coefficient (Wildman–Crippen LogP) is 3.72. The van der Waals surface area contributed by atoms with Crippen molar-refractivity contribution in [3.8, 4) is 0 Å². The third-order valence-corrected chi connectivity index (χ3v) is 4.13. The minimum atomic E-state index is 0.0738. The van der Waals surface area contributed by atoms with Gasteiger partial charge in [0.15, 0.2) is 0 Å². The minimum absolute atomic E-state index is 0.0738. The summed E-state index contributed by atoms with van der Waals surface area (Å²) in [5.74, 6) is 0.375. The van der Waals surface area contributed by atoms with Gasteiger partial charge in [-0.2, -0.15) is 0 Å². The van der Waals surface area contributed by atoms with Crippen LogP contribution in [0.25, 0.3) is 0 Å². The van der Waals surface area contributed by atoms with Gasteiger partial charge in [0, 0.05) is 12.1 Å². The highest BCUT2D eigenvalue weighted by atomic mass is 35.5. The summed E-state index contributed by atoms with van der Waals surface area (Å²) in [6.45, 7) is 6.29. The molecule has 1 aromatic heterocycles. The lowest BCUT2D eigenvalue weighted by atomic mass is 10.0. The fourth-order valence-electron chi connectivity index (χ4n) is 1.52. The molecule has 0 fully saturated rings. The van der Waals surface area contributed by atoms with Gasteiger partial charge < -0.3 is 10.4 Å². The van der Waals surface area contributed by atoms with Gasteiger partial charge in [-0.1, -0.05) is 37.0 Å². The molecule has 0 bridgehead atoms. The number of hydrogen-bond acceptors (Lipinski definition) is 3. The van der Waals surface area contributed by atoms with Crippen LogP contribution in [0.1, 0.15) is 32.4 Å². The van der Waals surface area contributed by atoms with E-state index >= 15 is 0 Å². The Morgan fingerprint density at radius 3 is 2.38 bits per heavy atom. The molecular formula is C11H17Cl2NOS. The van der Waals surface area contributed by atoms with Crippen LogP contribution in [-0.2, 0) is 0 Å². The van der Waals surface area contributed by atoms with E-state index in [1.165, 1.54) is 11.3 Å². The van der Waals surface area contributed by atoms with Crippen LogP contribution in [0.5, 0.6) is 0 Å². The summed E-state index contributed by atoms with van der Waals surface area (Å²) in [6.07, 6.45) is 0. The van der Waals surface area contributed by atoms with Crippen LogP contribution < -0.4 is 5.32 Å². The molecule has 2 nitrogen and oxygen atoms in total. The SMILES string of the molecule is CC(NC(CO)C(C)C)c1cc(Cl)sc1Cl. The first-order valence-corrected chi connectivity index (χ1v) is 6.84. The van der Waals surface area contributed by atoms with Gasteiger partial charge in [0.25, 0.3) is 0 Å². The number of halogens is 2. The summed E-state index contributed by atoms with van der Waals surface area (Å²) in [7, 11) is 0. The molecule has 2 atom stereocenters. The zero-order chi connectivity index (χ0) is 12.3. The molecule has 0 aliphatic carbocycles. The summed E-state index contributed by atoms with van der Waals surface area (Å²) in [6, 6.07) is 2.04. The van der Waals surface area contributed by atoms with Gasteiger partial charge >= 0.3 is 0 Å². The standard InChI is InChI=1S/C11H17Cl2NOS/c1-6(2)9(5-15)14-7(3)8-4-10(12)16-11(8)13/h4,6-7,9,14-15H,5H2,1-3H3. The van der Waals surface area contributed by atoms with E-state index in [4.69, 9.17) is 23.2 Å². The normalized spacial score (nSPS) is 15.4. The Morgan fingerprint density at radius 1 is 1.38 bits per heavy atom. The van der Waals surface area contributed by atoms with E-state index in [-0.39, 0.29) is 18.7 Å². The number of hydrogen-bond donors (Lipinski definition) is 2. The van der Waals surface area contributed by atoms with Gasteiger partial charge in [0.2, 0.25) is 0 Å². The van der Waals surface area contributed by atoms with Gasteiger partial charge in [-0.3, -0.25) is 0 Å². The molecule has 0 saturated heterocycles. The largest absolute Gasteiger partial charge is 0.395 e. The van der Waals surface area contributed by atoms with Crippen molar-refractivity contribution in [3.05, 3.63) is 20.3 Å². The Balaban J connectivity index is 2.71. The van der Waals surface area contributed by atoms with Gasteiger partial charge in [-0.25, -0.2) is 0 Å². The number of thiophene rings is 1. The molecule has 0 spiro atoms. The van der Waals surface area contributed by atoms with Crippen molar-refractivity contribution >= 4 is 34.5 Å². The third-order valence-electron chi connectivity index (χ3n) is 2.62. The van der Waals surface area contributed by atoms with Crippen LogP contribution in [0, 0.1) is 5.92 Å². The van der Waals surface area contributed by atoms with E-state index in [1.54, 1.807) is 0 Å². The Kier molecular flexibility index (Phi) is 5.54. The number of nitrogens with one attached hydrogen (secondary N) is 1. The average Bonchev–Trinajstić information content (AvgIpc) is 2.53. The maximum atomic E-state index is 9.25. The molecule has 2 N–H and O–H groups in total. The predicted molar refractivity (Wildman–Crippen MR) is 71.6 cm³/mol. The highest BCUT2D eigenvalue weighted by Gasteiger charge is 2.18. The van der Waals surface area contributed by atoms with Crippen molar-refractivity contribution in [1.82, 2.24) is 5.32 Å². The smallest absolute Gasteiger partial charge is 0.0991 e. The van der Waals surface area contributed by atoms with E-state index < -0.39 is 0 Å². The first-order valence-electron chi connectivity index (χ1n) is 5.27. The molecule has 16 heavy (non-hydrogen) atoms. The number of rotatable bonds is 5. The highest BCUT2D eigenvalue weighted by Crippen LogP contribution is 2.35. The number of aliphatic hydroxyl groups is 1. The van der Waals surface area contributed by atoms with Gasteiger partial charge in [0.1, 0.15) is 0 Å². The summed E-state index contributed by atoms with van der Waals surface area (Å²) in [5, 5.41) is 12.6. The first-order chi connectivity index (χ1) is 7.45. The van der Waals surface area contributed by atoms with Crippen LogP contribution in [0.3, 0.4) is 0 Å². The Labute approximate surface area is 111 Å². The van der Waals surface area contributed by atoms with Crippen LogP contribution in [-0.4, -0.2) is 17.8 Å². The van der Waals surface area contributed by atoms with E-state index in [0.717, 1.165) is 5.56 Å². The second-order valence-electron chi connectivity index (χ2n) is 4.20. The Morgan fingerprint density at radius 2 is 2.00 bits per heavy atom. The third kappa shape index (κ3) is 3.60. The molecule has 1 rings (SSSR count). The van der Waals surface area contributed by atoms with E-state index in [0.29, 0.717) is 14.6 Å². The average molecular weight is 282 g/mol. The van der Waals surface area contributed by atoms with Crippen molar-refractivity contribution in [1.29, 1.82) is 0 Å². The quantitative estimate of drug-likeness (QED) is 0.862. The van der Waals surface area contributed by atoms with Crippen LogP contribution in [0.15, 0.2) is 6.07 Å². The lowest BCUT2D eigenvalue weighted by Crippen LogP contribution is -2.38. The molecule has 0 saturated carbocycles. The zero-order valence-electron chi connectivity index (χ0n) is 9.63. The lowest BCUT2D eigenvalue weighted by molar-refractivity contribution is 0.201. The first kappa shape index (κ1) is 14.3. The molecule has 0 aliphatic rings. The summed E-state index contributed by atoms with van der Waals surface area (Å²) >= 11 is 13.3. The molecule has 92 valence electrons. The summed E-state index contributed by atoms with van der Waals surface area (Å²) in [4.78, 5) is 0. The molecule has 0 radical (unpaired) electrons. The van der Waals surface area contributed by atoms with Crippen molar-refractivity contribution in [3.63, 3.8) is 0 Å². The fourth-order valence-corrected chi connectivity index (χ4v) is 3.16. The van der Waals surface area contributed by atoms with Crippen molar-refractivity contribution in [2.24, 2.45) is 5.92 Å². The van der Waals surface area contributed by atoms with Crippen LogP contribution in [0.4, 0.5) is 0 Å². The lowest BCUT2D eigenvalue weighted by Gasteiger charge is -2.24. The van der Waals surface area contributed by atoms with E-state index in [1.807, 2.05) is 13.0 Å². The molecule has 1 aromatic rings. The maximum absolute atomic E-state index is 9.25. The molecule has 0 aliphatic heterocycles. The minimum Gasteiger partial charge on any atom is -0.395 e. The van der Waals surface area contributed by atoms with Crippen molar-refractivity contribution < 1.29 is 5.11 Å². The zero-order valence-corrected chi connectivity index (χ0v) is 12.0. The van der Waals surface area contributed by atoms with Gasteiger partial charge in [0.05, 0.1) is 15.3 Å². The van der Waals surface area contributed by atoms with Crippen LogP contribution >= 0.6 is 34.5 Å². The second-order valence-corrected chi connectivity index (χ2v) is 6.49. The summed E-state index contributed by atoms with van der Waals surface area (Å²) in [5.41, 5.74) is 0.996. The van der Waals surface area contributed by atoms with Gasteiger partial charge in [-0.05, 0) is 24.5 Å². The molecule has 5 heteroatoms. The molecule has 0 amide bonds. The Bertz CT molecular complexity index is 341. The molecule has 1 heterocycles. The van der Waals surface area contributed by atoms with E-state index in [9.17, 15) is 5.11 Å². The molecule has 0 aromatic carbocycles. The van der Waals surface area contributed by atoms with Crippen LogP contribution in [0.2, 0.25) is 8.67 Å².